The van der Waals surface area contributed by atoms with Crippen molar-refractivity contribution in [3.63, 3.8) is 0 Å². The smallest absolute Gasteiger partial charge is 0.332 e. The Hall–Kier alpha value is -1.96. The molecule has 0 aliphatic heterocycles. The third-order valence-corrected chi connectivity index (χ3v) is 4.44. The lowest BCUT2D eigenvalue weighted by Gasteiger charge is -2.21. The molecule has 1 aromatic heterocycles. The van der Waals surface area contributed by atoms with E-state index in [4.69, 9.17) is 5.84 Å². The predicted octanol–water partition coefficient (Wildman–Crippen LogP) is 2.22. The largest absolute Gasteiger partial charge is 0.361 e. The molecule has 4 N–H and O–H groups in total. The monoisotopic (exact) mass is 294 g/mol. The fourth-order valence-electron chi connectivity index (χ4n) is 3.15. The molecule has 0 radical (unpaired) electrons. The number of anilines is 2. The van der Waals surface area contributed by atoms with Gasteiger partial charge in [-0.2, -0.15) is 4.98 Å². The Morgan fingerprint density at radius 3 is 2.67 bits per heavy atom. The topological polar surface area (TPSA) is 119 Å². The zero-order valence-electron chi connectivity index (χ0n) is 12.6. The van der Waals surface area contributed by atoms with E-state index in [2.05, 4.69) is 34.6 Å². The van der Waals surface area contributed by atoms with Crippen molar-refractivity contribution >= 4 is 17.5 Å². The number of hydrogen-bond donors (Lipinski definition) is 3. The molecule has 8 nitrogen and oxygen atoms in total. The van der Waals surface area contributed by atoms with Crippen LogP contribution in [0.2, 0.25) is 0 Å². The summed E-state index contributed by atoms with van der Waals surface area (Å²) in [5.74, 6) is 6.85. The van der Waals surface area contributed by atoms with Crippen molar-refractivity contribution in [3.8, 4) is 0 Å². The number of hydrazine groups is 1. The fraction of sp³-hybridized carbons (Fsp3) is 0.692. The van der Waals surface area contributed by atoms with Crippen LogP contribution in [0.3, 0.4) is 0 Å². The highest BCUT2D eigenvalue weighted by Gasteiger charge is 2.33. The van der Waals surface area contributed by atoms with Crippen LogP contribution in [0.5, 0.6) is 0 Å². The van der Waals surface area contributed by atoms with Gasteiger partial charge in [0.05, 0.1) is 4.92 Å². The van der Waals surface area contributed by atoms with Crippen LogP contribution in [-0.4, -0.2) is 20.9 Å². The summed E-state index contributed by atoms with van der Waals surface area (Å²) in [6.07, 6.45) is 3.25. The summed E-state index contributed by atoms with van der Waals surface area (Å²) >= 11 is 0. The third-order valence-electron chi connectivity index (χ3n) is 4.44. The van der Waals surface area contributed by atoms with E-state index in [9.17, 15) is 10.1 Å². The maximum atomic E-state index is 11.3. The molecular formula is C13H22N6O2. The van der Waals surface area contributed by atoms with Gasteiger partial charge in [0.15, 0.2) is 0 Å². The van der Waals surface area contributed by atoms with Crippen molar-refractivity contribution in [3.05, 3.63) is 15.8 Å². The zero-order chi connectivity index (χ0) is 15.6. The number of aromatic nitrogens is 2. The van der Waals surface area contributed by atoms with Crippen molar-refractivity contribution < 1.29 is 4.92 Å². The highest BCUT2D eigenvalue weighted by atomic mass is 16.6. The van der Waals surface area contributed by atoms with Gasteiger partial charge in [0.2, 0.25) is 11.8 Å². The summed E-state index contributed by atoms with van der Waals surface area (Å²) in [5, 5.41) is 14.5. The van der Waals surface area contributed by atoms with Gasteiger partial charge >= 0.3 is 5.69 Å². The van der Waals surface area contributed by atoms with Crippen molar-refractivity contribution in [2.24, 2.45) is 17.7 Å². The molecule has 0 spiro atoms. The Bertz CT molecular complexity index is 536. The zero-order valence-corrected chi connectivity index (χ0v) is 12.6. The van der Waals surface area contributed by atoms with Gasteiger partial charge in [-0.25, -0.2) is 10.8 Å². The van der Waals surface area contributed by atoms with Crippen LogP contribution in [0.1, 0.15) is 38.8 Å². The van der Waals surface area contributed by atoms with E-state index in [1.54, 1.807) is 6.92 Å². The molecular weight excluding hydrogens is 272 g/mol. The molecule has 0 saturated heterocycles. The van der Waals surface area contributed by atoms with Crippen LogP contribution >= 0.6 is 0 Å². The summed E-state index contributed by atoms with van der Waals surface area (Å²) in [4.78, 5) is 18.9. The first-order valence-corrected chi connectivity index (χ1v) is 7.24. The highest BCUT2D eigenvalue weighted by molar-refractivity contribution is 5.61. The minimum Gasteiger partial charge on any atom is -0.361 e. The predicted molar refractivity (Wildman–Crippen MR) is 80.8 cm³/mol. The van der Waals surface area contributed by atoms with Crippen LogP contribution < -0.4 is 16.6 Å². The van der Waals surface area contributed by atoms with Crippen molar-refractivity contribution in [1.82, 2.24) is 9.97 Å². The molecule has 0 amide bonds. The number of rotatable bonds is 5. The lowest BCUT2D eigenvalue weighted by molar-refractivity contribution is -0.385. The molecule has 1 saturated carbocycles. The van der Waals surface area contributed by atoms with Gasteiger partial charge in [-0.3, -0.25) is 15.5 Å². The van der Waals surface area contributed by atoms with E-state index in [0.29, 0.717) is 17.5 Å². The van der Waals surface area contributed by atoms with Gasteiger partial charge in [-0.15, -0.1) is 0 Å². The Kier molecular flexibility index (Phi) is 4.56. The first-order valence-electron chi connectivity index (χ1n) is 7.24. The van der Waals surface area contributed by atoms with Gasteiger partial charge in [0.1, 0.15) is 5.69 Å². The number of hydrogen-bond acceptors (Lipinski definition) is 7. The van der Waals surface area contributed by atoms with Crippen molar-refractivity contribution in [1.29, 1.82) is 0 Å². The van der Waals surface area contributed by atoms with Gasteiger partial charge in [-0.1, -0.05) is 20.3 Å². The Balaban J connectivity index is 2.30. The molecule has 2 rings (SSSR count). The van der Waals surface area contributed by atoms with Gasteiger partial charge < -0.3 is 5.32 Å². The fourth-order valence-corrected chi connectivity index (χ4v) is 3.15. The van der Waals surface area contributed by atoms with E-state index >= 15 is 0 Å². The second kappa shape index (κ2) is 6.21. The summed E-state index contributed by atoms with van der Waals surface area (Å²) in [6, 6.07) is 0.188. The molecule has 8 heteroatoms. The van der Waals surface area contributed by atoms with Crippen LogP contribution in [0.4, 0.5) is 17.5 Å². The standard InChI is InChI=1S/C13H22N6O2/c1-4-9-5-6-10(7(9)2)16-12-11(19(20)21)8(3)15-13(17-12)18-14/h7,9-10H,4-6,14H2,1-3H3,(H2,15,16,17,18). The third kappa shape index (κ3) is 3.05. The summed E-state index contributed by atoms with van der Waals surface area (Å²) in [7, 11) is 0. The quantitative estimate of drug-likeness (QED) is 0.432. The molecule has 1 aliphatic rings. The molecule has 0 bridgehead atoms. The maximum Gasteiger partial charge on any atom is 0.332 e. The number of aryl methyl sites for hydroxylation is 1. The van der Waals surface area contributed by atoms with E-state index in [1.807, 2.05) is 0 Å². The SMILES string of the molecule is CCC1CCC(Nc2nc(NN)nc(C)c2[N+](=O)[O-])C1C. The molecule has 1 aromatic rings. The minimum atomic E-state index is -0.450. The molecule has 1 aliphatic carbocycles. The minimum absolute atomic E-state index is 0.0823. The summed E-state index contributed by atoms with van der Waals surface area (Å²) < 4.78 is 0. The van der Waals surface area contributed by atoms with Crippen LogP contribution in [-0.2, 0) is 0 Å². The lowest BCUT2D eigenvalue weighted by atomic mass is 9.93. The average molecular weight is 294 g/mol. The summed E-state index contributed by atoms with van der Waals surface area (Å²) in [6.45, 7) is 5.94. The van der Waals surface area contributed by atoms with E-state index in [0.717, 1.165) is 19.3 Å². The first kappa shape index (κ1) is 15.4. The molecule has 116 valence electrons. The second-order valence-electron chi connectivity index (χ2n) is 5.59. The maximum absolute atomic E-state index is 11.3. The van der Waals surface area contributed by atoms with Gasteiger partial charge in [0.25, 0.3) is 0 Å². The van der Waals surface area contributed by atoms with Crippen LogP contribution in [0.15, 0.2) is 0 Å². The molecule has 1 heterocycles. The second-order valence-corrected chi connectivity index (χ2v) is 5.59. The molecule has 3 atom stereocenters. The van der Waals surface area contributed by atoms with Gasteiger partial charge in [0, 0.05) is 6.04 Å². The number of nitrogens with two attached hydrogens (primary N) is 1. The summed E-state index contributed by atoms with van der Waals surface area (Å²) in [5.41, 5.74) is 2.56. The molecule has 1 fully saturated rings. The molecule has 0 aromatic carbocycles. The van der Waals surface area contributed by atoms with E-state index in [-0.39, 0.29) is 23.5 Å². The Morgan fingerprint density at radius 1 is 1.43 bits per heavy atom. The van der Waals surface area contributed by atoms with Crippen LogP contribution in [0.25, 0.3) is 0 Å². The highest BCUT2D eigenvalue weighted by Crippen LogP contribution is 2.37. The Labute approximate surface area is 123 Å². The average Bonchev–Trinajstić information content (AvgIpc) is 2.78. The molecule has 3 unspecified atom stereocenters. The van der Waals surface area contributed by atoms with E-state index in [1.165, 1.54) is 0 Å². The number of nitrogen functional groups attached to an aromatic ring is 1. The normalized spacial score (nSPS) is 24.9. The molecule has 21 heavy (non-hydrogen) atoms. The lowest BCUT2D eigenvalue weighted by Crippen LogP contribution is -2.26. The Morgan fingerprint density at radius 2 is 2.14 bits per heavy atom. The number of nitrogens with zero attached hydrogens (tertiary/aromatic N) is 3. The van der Waals surface area contributed by atoms with Gasteiger partial charge in [-0.05, 0) is 31.6 Å². The van der Waals surface area contributed by atoms with Crippen molar-refractivity contribution in [2.45, 2.75) is 46.1 Å². The van der Waals surface area contributed by atoms with E-state index < -0.39 is 4.92 Å². The van der Waals surface area contributed by atoms with Crippen molar-refractivity contribution in [2.75, 3.05) is 10.7 Å². The first-order chi connectivity index (χ1) is 9.97. The van der Waals surface area contributed by atoms with Crippen LogP contribution in [0, 0.1) is 28.9 Å². The number of nitro groups is 1. The number of nitrogens with one attached hydrogen (secondary N) is 2.